The van der Waals surface area contributed by atoms with Gasteiger partial charge in [-0.2, -0.15) is 0 Å². The number of hydrogen-bond acceptors (Lipinski definition) is 8. The number of aliphatic hydroxyl groups excluding tert-OH is 5. The fourth-order valence-electron chi connectivity index (χ4n) is 2.29. The van der Waals surface area contributed by atoms with E-state index in [1.807, 2.05) is 0 Å². The summed E-state index contributed by atoms with van der Waals surface area (Å²) in [6.07, 6.45) is -3.75. The summed E-state index contributed by atoms with van der Waals surface area (Å²) in [5, 5.41) is 68.7. The van der Waals surface area contributed by atoms with Crippen LogP contribution in [-0.4, -0.2) is 85.1 Å². The second kappa shape index (κ2) is 5.76. The van der Waals surface area contributed by atoms with Crippen LogP contribution < -0.4 is 5.32 Å². The van der Waals surface area contributed by atoms with Crippen LogP contribution in [0.25, 0.3) is 0 Å². The fourth-order valence-corrected chi connectivity index (χ4v) is 2.29. The minimum atomic E-state index is -2.05. The van der Waals surface area contributed by atoms with Crippen LogP contribution in [-0.2, 0) is 0 Å². The smallest absolute Gasteiger partial charge is 0.121 e. The Labute approximate surface area is 104 Å². The van der Waals surface area contributed by atoms with Gasteiger partial charge in [-0.05, 0) is 0 Å². The van der Waals surface area contributed by atoms with Crippen LogP contribution in [0.1, 0.15) is 12.8 Å². The van der Waals surface area contributed by atoms with E-state index in [1.54, 1.807) is 0 Å². The summed E-state index contributed by atoms with van der Waals surface area (Å²) in [4.78, 5) is 0. The molecule has 0 aromatic rings. The van der Waals surface area contributed by atoms with Crippen molar-refractivity contribution in [3.8, 4) is 0 Å². The molecule has 8 N–H and O–H groups in total. The molecule has 1 saturated carbocycles. The Hall–Kier alpha value is -0.320. The lowest BCUT2D eigenvalue weighted by atomic mass is 9.75. The van der Waals surface area contributed by atoms with E-state index in [9.17, 15) is 20.4 Å². The molecule has 18 heavy (non-hydrogen) atoms. The number of hydrogen-bond donors (Lipinski definition) is 8. The lowest BCUT2D eigenvalue weighted by Crippen LogP contribution is -2.67. The van der Waals surface area contributed by atoms with E-state index < -0.39 is 55.8 Å². The van der Waals surface area contributed by atoms with Gasteiger partial charge >= 0.3 is 0 Å². The molecule has 1 aliphatic carbocycles. The molecule has 4 unspecified atom stereocenters. The molecule has 1 fully saturated rings. The molecule has 0 radical (unpaired) electrons. The number of rotatable bonds is 5. The van der Waals surface area contributed by atoms with E-state index in [0.29, 0.717) is 0 Å². The molecular weight excluding hydrogens is 246 g/mol. The molecule has 0 aliphatic heterocycles. The second-order valence-electron chi connectivity index (χ2n) is 4.89. The SMILES string of the molecule is OCC(CO)NC1(O)CC(O)C(O)C(O)(CO)C1. The first-order valence-electron chi connectivity index (χ1n) is 5.71. The summed E-state index contributed by atoms with van der Waals surface area (Å²) in [5.41, 5.74) is -3.85. The van der Waals surface area contributed by atoms with Crippen molar-refractivity contribution in [2.45, 2.75) is 42.4 Å². The summed E-state index contributed by atoms with van der Waals surface area (Å²) in [7, 11) is 0. The highest BCUT2D eigenvalue weighted by atomic mass is 16.4. The summed E-state index contributed by atoms with van der Waals surface area (Å²) in [5.74, 6) is 0. The van der Waals surface area contributed by atoms with Crippen molar-refractivity contribution in [2.75, 3.05) is 19.8 Å². The Morgan fingerprint density at radius 3 is 2.11 bits per heavy atom. The van der Waals surface area contributed by atoms with Gasteiger partial charge in [-0.25, -0.2) is 0 Å². The van der Waals surface area contributed by atoms with Crippen molar-refractivity contribution in [2.24, 2.45) is 0 Å². The predicted octanol–water partition coefficient (Wildman–Crippen LogP) is -4.14. The lowest BCUT2D eigenvalue weighted by molar-refractivity contribution is -0.227. The van der Waals surface area contributed by atoms with Gasteiger partial charge in [0.25, 0.3) is 0 Å². The van der Waals surface area contributed by atoms with Crippen molar-refractivity contribution in [3.63, 3.8) is 0 Å². The average molecular weight is 267 g/mol. The summed E-state index contributed by atoms with van der Waals surface area (Å²) >= 11 is 0. The number of nitrogens with one attached hydrogen (secondary N) is 1. The lowest BCUT2D eigenvalue weighted by Gasteiger charge is -2.47. The van der Waals surface area contributed by atoms with Crippen LogP contribution in [0.5, 0.6) is 0 Å². The zero-order valence-corrected chi connectivity index (χ0v) is 9.90. The minimum Gasteiger partial charge on any atom is -0.395 e. The van der Waals surface area contributed by atoms with Crippen LogP contribution >= 0.6 is 0 Å². The summed E-state index contributed by atoms with van der Waals surface area (Å²) in [6.45, 7) is -1.73. The summed E-state index contributed by atoms with van der Waals surface area (Å²) in [6, 6.07) is -0.833. The van der Waals surface area contributed by atoms with Gasteiger partial charge in [0.2, 0.25) is 0 Å². The quantitative estimate of drug-likeness (QED) is 0.234. The Morgan fingerprint density at radius 2 is 1.67 bits per heavy atom. The van der Waals surface area contributed by atoms with Gasteiger partial charge < -0.3 is 35.7 Å². The Kier molecular flexibility index (Phi) is 5.04. The maximum atomic E-state index is 10.2. The second-order valence-corrected chi connectivity index (χ2v) is 4.89. The van der Waals surface area contributed by atoms with E-state index in [4.69, 9.17) is 15.3 Å². The molecule has 0 aromatic carbocycles. The molecule has 0 spiro atoms. The normalized spacial score (nSPS) is 41.3. The molecule has 8 nitrogen and oxygen atoms in total. The van der Waals surface area contributed by atoms with Gasteiger partial charge in [0.05, 0.1) is 32.0 Å². The molecule has 4 atom stereocenters. The van der Waals surface area contributed by atoms with Crippen molar-refractivity contribution in [1.82, 2.24) is 5.32 Å². The first-order valence-corrected chi connectivity index (χ1v) is 5.71. The van der Waals surface area contributed by atoms with Crippen LogP contribution in [0.3, 0.4) is 0 Å². The zero-order valence-electron chi connectivity index (χ0n) is 9.90. The van der Waals surface area contributed by atoms with E-state index >= 15 is 0 Å². The van der Waals surface area contributed by atoms with E-state index in [2.05, 4.69) is 5.32 Å². The first-order chi connectivity index (χ1) is 8.30. The Balaban J connectivity index is 2.83. The molecule has 0 amide bonds. The van der Waals surface area contributed by atoms with Gasteiger partial charge in [0.15, 0.2) is 0 Å². The predicted molar refractivity (Wildman–Crippen MR) is 59.3 cm³/mol. The minimum absolute atomic E-state index is 0.299. The third-order valence-corrected chi connectivity index (χ3v) is 3.25. The Bertz CT molecular complexity index is 275. The maximum absolute atomic E-state index is 10.2. The van der Waals surface area contributed by atoms with Crippen LogP contribution in [0.4, 0.5) is 0 Å². The molecule has 0 saturated heterocycles. The molecule has 8 heteroatoms. The van der Waals surface area contributed by atoms with Crippen molar-refractivity contribution >= 4 is 0 Å². The van der Waals surface area contributed by atoms with Crippen molar-refractivity contribution < 1.29 is 35.7 Å². The molecule has 0 bridgehead atoms. The highest BCUT2D eigenvalue weighted by Gasteiger charge is 2.52. The highest BCUT2D eigenvalue weighted by Crippen LogP contribution is 2.34. The fraction of sp³-hybridized carbons (Fsp3) is 1.00. The highest BCUT2D eigenvalue weighted by molar-refractivity contribution is 5.03. The van der Waals surface area contributed by atoms with Gasteiger partial charge in [-0.1, -0.05) is 0 Å². The van der Waals surface area contributed by atoms with Gasteiger partial charge in [-0.3, -0.25) is 5.32 Å². The molecule has 108 valence electrons. The standard InChI is InChI=1S/C10H21NO7/c12-2-6(3-13)11-10(18)1-7(15)8(16)9(17,4-10)5-14/h6-8,11-18H,1-5H2. The molecule has 0 heterocycles. The van der Waals surface area contributed by atoms with Crippen LogP contribution in [0.2, 0.25) is 0 Å². The third kappa shape index (κ3) is 3.16. The van der Waals surface area contributed by atoms with Crippen molar-refractivity contribution in [1.29, 1.82) is 0 Å². The summed E-state index contributed by atoms with van der Waals surface area (Å²) < 4.78 is 0. The van der Waals surface area contributed by atoms with E-state index in [1.165, 1.54) is 0 Å². The number of aliphatic hydroxyl groups is 7. The van der Waals surface area contributed by atoms with Gasteiger partial charge in [0.1, 0.15) is 17.4 Å². The van der Waals surface area contributed by atoms with Crippen LogP contribution in [0, 0.1) is 0 Å². The largest absolute Gasteiger partial charge is 0.395 e. The molecule has 1 rings (SSSR count). The average Bonchev–Trinajstić information content (AvgIpc) is 2.33. The maximum Gasteiger partial charge on any atom is 0.121 e. The van der Waals surface area contributed by atoms with Gasteiger partial charge in [-0.15, -0.1) is 0 Å². The van der Waals surface area contributed by atoms with E-state index in [-0.39, 0.29) is 6.42 Å². The third-order valence-electron chi connectivity index (χ3n) is 3.25. The van der Waals surface area contributed by atoms with E-state index in [0.717, 1.165) is 0 Å². The van der Waals surface area contributed by atoms with Crippen molar-refractivity contribution in [3.05, 3.63) is 0 Å². The Morgan fingerprint density at radius 1 is 1.11 bits per heavy atom. The van der Waals surface area contributed by atoms with Crippen LogP contribution in [0.15, 0.2) is 0 Å². The monoisotopic (exact) mass is 267 g/mol. The first kappa shape index (κ1) is 15.7. The topological polar surface area (TPSA) is 154 Å². The zero-order chi connectivity index (χ0) is 14.0. The molecular formula is C10H21NO7. The molecule has 1 aliphatic rings. The molecule has 0 aromatic heterocycles. The van der Waals surface area contributed by atoms with Gasteiger partial charge in [0, 0.05) is 12.8 Å².